The lowest BCUT2D eigenvalue weighted by Gasteiger charge is -2.16. The van der Waals surface area contributed by atoms with Gasteiger partial charge in [-0.25, -0.2) is 4.79 Å². The summed E-state index contributed by atoms with van der Waals surface area (Å²) < 4.78 is 5.60. The number of hydrogen-bond acceptors (Lipinski definition) is 4. The Morgan fingerprint density at radius 2 is 1.96 bits per heavy atom. The third-order valence-corrected chi connectivity index (χ3v) is 5.10. The Balaban J connectivity index is 1.80. The molecule has 0 N–H and O–H groups in total. The molecular weight excluding hydrogens is 334 g/mol. The first-order chi connectivity index (χ1) is 12.1. The van der Waals surface area contributed by atoms with Crippen molar-refractivity contribution in [1.82, 2.24) is 0 Å². The molecule has 2 aromatic carbocycles. The number of esters is 1. The molecule has 0 atom stereocenters. The van der Waals surface area contributed by atoms with Gasteiger partial charge < -0.3 is 9.64 Å². The van der Waals surface area contributed by atoms with Crippen LogP contribution in [0.5, 0.6) is 5.75 Å². The summed E-state index contributed by atoms with van der Waals surface area (Å²) in [5.74, 6) is 1.24. The van der Waals surface area contributed by atoms with Crippen LogP contribution in [0.1, 0.15) is 36.2 Å². The van der Waals surface area contributed by atoms with Crippen molar-refractivity contribution in [2.24, 2.45) is 0 Å². The molecule has 1 amide bonds. The van der Waals surface area contributed by atoms with E-state index in [1.165, 1.54) is 0 Å². The second-order valence-corrected chi connectivity index (χ2v) is 7.07. The van der Waals surface area contributed by atoms with Gasteiger partial charge in [-0.3, -0.25) is 4.79 Å². The van der Waals surface area contributed by atoms with E-state index in [1.807, 2.05) is 43.3 Å². The first-order valence-electron chi connectivity index (χ1n) is 8.51. The van der Waals surface area contributed by atoms with Gasteiger partial charge in [0.25, 0.3) is 0 Å². The molecule has 1 aliphatic heterocycles. The molecule has 130 valence electrons. The molecule has 0 radical (unpaired) electrons. The van der Waals surface area contributed by atoms with Crippen LogP contribution < -0.4 is 9.64 Å². The van der Waals surface area contributed by atoms with Crippen molar-refractivity contribution >= 4 is 29.3 Å². The van der Waals surface area contributed by atoms with E-state index in [0.717, 1.165) is 28.3 Å². The summed E-state index contributed by atoms with van der Waals surface area (Å²) in [6, 6.07) is 13.0. The van der Waals surface area contributed by atoms with Gasteiger partial charge >= 0.3 is 5.97 Å². The highest BCUT2D eigenvalue weighted by atomic mass is 32.2. The zero-order chi connectivity index (χ0) is 17.8. The van der Waals surface area contributed by atoms with Crippen molar-refractivity contribution in [1.29, 1.82) is 0 Å². The number of carbonyl (C=O) groups is 2. The summed E-state index contributed by atoms with van der Waals surface area (Å²) in [7, 11) is 0. The number of thioether (sulfide) groups is 1. The minimum Gasteiger partial charge on any atom is -0.422 e. The molecule has 4 nitrogen and oxygen atoms in total. The van der Waals surface area contributed by atoms with Crippen LogP contribution in [0.25, 0.3) is 0 Å². The Kier molecular flexibility index (Phi) is 5.43. The summed E-state index contributed by atoms with van der Waals surface area (Å²) in [5.41, 5.74) is 2.44. The van der Waals surface area contributed by atoms with Gasteiger partial charge in [-0.05, 0) is 48.1 Å². The van der Waals surface area contributed by atoms with Crippen molar-refractivity contribution in [2.75, 3.05) is 17.2 Å². The second-order valence-electron chi connectivity index (χ2n) is 5.76. The van der Waals surface area contributed by atoms with Crippen LogP contribution >= 0.6 is 11.8 Å². The molecule has 0 aliphatic carbocycles. The van der Waals surface area contributed by atoms with Crippen molar-refractivity contribution in [3.8, 4) is 5.75 Å². The Morgan fingerprint density at radius 1 is 1.16 bits per heavy atom. The fraction of sp³-hybridized carbons (Fsp3) is 0.300. The molecule has 2 aromatic rings. The van der Waals surface area contributed by atoms with Gasteiger partial charge in [0, 0.05) is 18.7 Å². The van der Waals surface area contributed by atoms with Gasteiger partial charge in [0.2, 0.25) is 5.91 Å². The van der Waals surface area contributed by atoms with Gasteiger partial charge in [-0.15, -0.1) is 11.8 Å². The van der Waals surface area contributed by atoms with Crippen LogP contribution in [0.2, 0.25) is 0 Å². The van der Waals surface area contributed by atoms with E-state index < -0.39 is 0 Å². The Hall–Kier alpha value is -2.27. The Bertz CT molecular complexity index is 803. The molecule has 3 rings (SSSR count). The van der Waals surface area contributed by atoms with Crippen molar-refractivity contribution in [3.05, 3.63) is 53.6 Å². The second kappa shape index (κ2) is 7.74. The molecule has 0 aromatic heterocycles. The van der Waals surface area contributed by atoms with E-state index in [1.54, 1.807) is 22.7 Å². The van der Waals surface area contributed by atoms with Gasteiger partial charge in [-0.2, -0.15) is 0 Å². The van der Waals surface area contributed by atoms with E-state index in [2.05, 4.69) is 6.92 Å². The standard InChI is InChI=1S/C20H21NO3S/c1-3-19(22)21-12-11-14-13-15(9-10-16(14)21)20(23)24-17-7-5-6-8-18(17)25-4-2/h5-10,13H,3-4,11-12H2,1-2H3. The highest BCUT2D eigenvalue weighted by molar-refractivity contribution is 7.99. The summed E-state index contributed by atoms with van der Waals surface area (Å²) in [6.07, 6.45) is 1.25. The quantitative estimate of drug-likeness (QED) is 0.455. The lowest BCUT2D eigenvalue weighted by Crippen LogP contribution is -2.27. The van der Waals surface area contributed by atoms with Crippen LogP contribution in [0.4, 0.5) is 5.69 Å². The number of para-hydroxylation sites is 1. The van der Waals surface area contributed by atoms with E-state index in [0.29, 0.717) is 24.3 Å². The average molecular weight is 355 g/mol. The molecule has 0 saturated carbocycles. The van der Waals surface area contributed by atoms with Crippen LogP contribution in [-0.2, 0) is 11.2 Å². The third kappa shape index (κ3) is 3.71. The maximum absolute atomic E-state index is 12.5. The van der Waals surface area contributed by atoms with Crippen molar-refractivity contribution < 1.29 is 14.3 Å². The largest absolute Gasteiger partial charge is 0.422 e. The number of hydrogen-bond donors (Lipinski definition) is 0. The average Bonchev–Trinajstić information content (AvgIpc) is 3.06. The van der Waals surface area contributed by atoms with E-state index >= 15 is 0 Å². The number of rotatable bonds is 5. The highest BCUT2D eigenvalue weighted by Crippen LogP contribution is 2.31. The normalized spacial score (nSPS) is 12.8. The molecule has 0 fully saturated rings. The van der Waals surface area contributed by atoms with E-state index in [4.69, 9.17) is 4.74 Å². The topological polar surface area (TPSA) is 46.6 Å². The smallest absolute Gasteiger partial charge is 0.343 e. The molecule has 0 unspecified atom stereocenters. The Morgan fingerprint density at radius 3 is 2.72 bits per heavy atom. The number of benzene rings is 2. The molecule has 1 aliphatic rings. The number of amides is 1. The van der Waals surface area contributed by atoms with Crippen molar-refractivity contribution in [2.45, 2.75) is 31.6 Å². The number of fused-ring (bicyclic) bond motifs is 1. The van der Waals surface area contributed by atoms with Crippen molar-refractivity contribution in [3.63, 3.8) is 0 Å². The predicted molar refractivity (Wildman–Crippen MR) is 101 cm³/mol. The molecule has 25 heavy (non-hydrogen) atoms. The fourth-order valence-corrected chi connectivity index (χ4v) is 3.68. The highest BCUT2D eigenvalue weighted by Gasteiger charge is 2.24. The van der Waals surface area contributed by atoms with Crippen LogP contribution in [-0.4, -0.2) is 24.2 Å². The zero-order valence-electron chi connectivity index (χ0n) is 14.5. The van der Waals surface area contributed by atoms with E-state index in [-0.39, 0.29) is 11.9 Å². The van der Waals surface area contributed by atoms with Gasteiger partial charge in [-0.1, -0.05) is 26.0 Å². The molecule has 0 bridgehead atoms. The van der Waals surface area contributed by atoms with Crippen LogP contribution in [0.15, 0.2) is 47.4 Å². The first kappa shape index (κ1) is 17.5. The first-order valence-corrected chi connectivity index (χ1v) is 9.50. The number of carbonyl (C=O) groups excluding carboxylic acids is 2. The molecule has 0 saturated heterocycles. The summed E-state index contributed by atoms with van der Waals surface area (Å²) in [4.78, 5) is 27.2. The molecule has 5 heteroatoms. The minimum atomic E-state index is -0.368. The summed E-state index contributed by atoms with van der Waals surface area (Å²) in [6.45, 7) is 4.60. The zero-order valence-corrected chi connectivity index (χ0v) is 15.3. The van der Waals surface area contributed by atoms with Gasteiger partial charge in [0.15, 0.2) is 0 Å². The Labute approximate surface area is 152 Å². The van der Waals surface area contributed by atoms with E-state index in [9.17, 15) is 9.59 Å². The number of anilines is 1. The molecule has 1 heterocycles. The maximum Gasteiger partial charge on any atom is 0.343 e. The van der Waals surface area contributed by atoms with Crippen LogP contribution in [0, 0.1) is 0 Å². The third-order valence-electron chi connectivity index (χ3n) is 4.17. The lowest BCUT2D eigenvalue weighted by molar-refractivity contribution is -0.118. The van der Waals surface area contributed by atoms with Crippen LogP contribution in [0.3, 0.4) is 0 Å². The number of ether oxygens (including phenoxy) is 1. The lowest BCUT2D eigenvalue weighted by atomic mass is 10.1. The number of nitrogens with zero attached hydrogens (tertiary/aromatic N) is 1. The monoisotopic (exact) mass is 355 g/mol. The molecular formula is C20H21NO3S. The summed E-state index contributed by atoms with van der Waals surface area (Å²) in [5, 5.41) is 0. The SMILES string of the molecule is CCSc1ccccc1OC(=O)c1ccc2c(c1)CCN2C(=O)CC. The maximum atomic E-state index is 12.5. The summed E-state index contributed by atoms with van der Waals surface area (Å²) >= 11 is 1.64. The van der Waals surface area contributed by atoms with Gasteiger partial charge in [0.05, 0.1) is 10.5 Å². The minimum absolute atomic E-state index is 0.111. The fourth-order valence-electron chi connectivity index (χ4n) is 2.95. The van der Waals surface area contributed by atoms with Gasteiger partial charge in [0.1, 0.15) is 5.75 Å². The molecule has 0 spiro atoms. The predicted octanol–water partition coefficient (Wildman–Crippen LogP) is 4.32.